The van der Waals surface area contributed by atoms with Gasteiger partial charge in [-0.05, 0) is 52.5 Å². The lowest BCUT2D eigenvalue weighted by Crippen LogP contribution is -2.42. The van der Waals surface area contributed by atoms with Crippen LogP contribution in [0.2, 0.25) is 0 Å². The molecule has 2 saturated heterocycles. The summed E-state index contributed by atoms with van der Waals surface area (Å²) < 4.78 is 2.01. The molecule has 1 unspecified atom stereocenters. The van der Waals surface area contributed by atoms with Crippen LogP contribution in [0.3, 0.4) is 0 Å². The number of H-pyrrole nitrogens is 1. The van der Waals surface area contributed by atoms with Crippen LogP contribution in [0, 0.1) is 6.92 Å². The Morgan fingerprint density at radius 1 is 1.05 bits per heavy atom. The first kappa shape index (κ1) is 31.7. The van der Waals surface area contributed by atoms with Gasteiger partial charge in [-0.15, -0.1) is 0 Å². The highest BCUT2D eigenvalue weighted by molar-refractivity contribution is 5.88. The summed E-state index contributed by atoms with van der Waals surface area (Å²) in [6.07, 6.45) is 5.73. The van der Waals surface area contributed by atoms with Crippen molar-refractivity contribution in [1.29, 1.82) is 0 Å². The number of piperidine rings is 2. The zero-order valence-corrected chi connectivity index (χ0v) is 23.6. The number of aryl methyl sites for hydroxylation is 2. The molecule has 14 heteroatoms. The Morgan fingerprint density at radius 2 is 1.71 bits per heavy atom. The van der Waals surface area contributed by atoms with E-state index in [0.29, 0.717) is 5.92 Å². The number of nitrogens with one attached hydrogen (secondary N) is 1. The van der Waals surface area contributed by atoms with Crippen molar-refractivity contribution in [3.8, 4) is 0 Å². The monoisotopic (exact) mass is 576 g/mol. The highest BCUT2D eigenvalue weighted by Crippen LogP contribution is 2.27. The fraction of sp³-hybridized carbons (Fsp3) is 0.630. The van der Waals surface area contributed by atoms with E-state index in [0.717, 1.165) is 69.4 Å². The SMILES string of the molecule is CCn1cc(CN2CCCC(c3cc(=O)[nH]c(N4CCCCC4)n3)C2)c(C)n1.O=C(O)CC(O)(CC(=O)O)C(=O)O. The minimum atomic E-state index is -2.74. The van der Waals surface area contributed by atoms with Crippen LogP contribution in [-0.4, -0.2) is 94.8 Å². The minimum absolute atomic E-state index is 0.0252. The molecule has 0 aliphatic carbocycles. The maximum absolute atomic E-state index is 12.3. The van der Waals surface area contributed by atoms with Gasteiger partial charge in [0.2, 0.25) is 5.95 Å². The zero-order chi connectivity index (χ0) is 30.2. The largest absolute Gasteiger partial charge is 0.481 e. The number of likely N-dealkylation sites (tertiary alicyclic amines) is 1. The van der Waals surface area contributed by atoms with Crippen molar-refractivity contribution in [3.05, 3.63) is 39.6 Å². The fourth-order valence-corrected chi connectivity index (χ4v) is 5.20. The van der Waals surface area contributed by atoms with Crippen molar-refractivity contribution in [2.75, 3.05) is 31.1 Å². The predicted octanol–water partition coefficient (Wildman–Crippen LogP) is 1.42. The average molecular weight is 577 g/mol. The highest BCUT2D eigenvalue weighted by atomic mass is 16.4. The molecule has 0 radical (unpaired) electrons. The van der Waals surface area contributed by atoms with Gasteiger partial charge in [0.1, 0.15) is 0 Å². The second-order valence-electron chi connectivity index (χ2n) is 10.7. The summed E-state index contributed by atoms with van der Waals surface area (Å²) in [7, 11) is 0. The summed E-state index contributed by atoms with van der Waals surface area (Å²) in [4.78, 5) is 55.4. The zero-order valence-electron chi connectivity index (χ0n) is 23.6. The first-order valence-electron chi connectivity index (χ1n) is 13.9. The second kappa shape index (κ2) is 14.2. The number of carbonyl (C=O) groups is 3. The topological polar surface area (TPSA) is 202 Å². The Morgan fingerprint density at radius 3 is 2.27 bits per heavy atom. The molecule has 1 atom stereocenters. The Balaban J connectivity index is 0.000000302. The number of rotatable bonds is 10. The molecule has 2 aliphatic rings. The third-order valence-corrected chi connectivity index (χ3v) is 7.38. The number of carboxylic acids is 3. The molecular weight excluding hydrogens is 536 g/mol. The third kappa shape index (κ3) is 9.11. The van der Waals surface area contributed by atoms with Crippen molar-refractivity contribution in [2.45, 2.75) is 83.4 Å². The highest BCUT2D eigenvalue weighted by Gasteiger charge is 2.40. The summed E-state index contributed by atoms with van der Waals surface area (Å²) in [6.45, 7) is 10.1. The maximum atomic E-state index is 12.3. The number of hydrogen-bond donors (Lipinski definition) is 5. The normalized spacial score (nSPS) is 17.9. The van der Waals surface area contributed by atoms with Gasteiger partial charge < -0.3 is 25.3 Å². The van der Waals surface area contributed by atoms with Crippen molar-refractivity contribution in [3.63, 3.8) is 0 Å². The standard InChI is InChI=1S/C21H32N6O.C6H8O7/c1-3-27-15-18(16(2)24-27)14-25-9-7-8-17(13-25)19-12-20(28)23-21(22-19)26-10-5-4-6-11-26;7-3(8)1-6(13,5(11)12)2-4(9)10/h12,15,17H,3-11,13-14H2,1-2H3,(H,22,23,28);13H,1-2H2,(H,7,8)(H,9,10)(H,11,12). The van der Waals surface area contributed by atoms with E-state index < -0.39 is 36.4 Å². The summed E-state index contributed by atoms with van der Waals surface area (Å²) >= 11 is 0. The van der Waals surface area contributed by atoms with E-state index in [1.165, 1.54) is 24.8 Å². The third-order valence-electron chi connectivity index (χ3n) is 7.38. The first-order valence-corrected chi connectivity index (χ1v) is 13.9. The number of aromatic nitrogens is 4. The molecule has 5 N–H and O–H groups in total. The van der Waals surface area contributed by atoms with Crippen LogP contribution >= 0.6 is 0 Å². The number of aliphatic hydroxyl groups is 1. The lowest BCUT2D eigenvalue weighted by atomic mass is 9.94. The Kier molecular flexibility index (Phi) is 11.0. The van der Waals surface area contributed by atoms with Crippen molar-refractivity contribution >= 4 is 23.9 Å². The van der Waals surface area contributed by atoms with E-state index >= 15 is 0 Å². The lowest BCUT2D eigenvalue weighted by molar-refractivity contribution is -0.170. The number of aliphatic carboxylic acids is 3. The Hall–Kier alpha value is -3.78. The summed E-state index contributed by atoms with van der Waals surface area (Å²) in [5.41, 5.74) is 0.608. The van der Waals surface area contributed by atoms with E-state index in [1.807, 2.05) is 4.68 Å². The van der Waals surface area contributed by atoms with Crippen LogP contribution in [0.1, 0.15) is 74.7 Å². The van der Waals surface area contributed by atoms with Gasteiger partial charge in [-0.2, -0.15) is 5.10 Å². The van der Waals surface area contributed by atoms with Crippen LogP contribution in [0.15, 0.2) is 17.1 Å². The minimum Gasteiger partial charge on any atom is -0.481 e. The van der Waals surface area contributed by atoms with Crippen LogP contribution < -0.4 is 10.5 Å². The number of aromatic amines is 1. The lowest BCUT2D eigenvalue weighted by Gasteiger charge is -2.33. The van der Waals surface area contributed by atoms with Crippen molar-refractivity contribution < 1.29 is 34.8 Å². The van der Waals surface area contributed by atoms with Crippen LogP contribution in [0.5, 0.6) is 0 Å². The quantitative estimate of drug-likeness (QED) is 0.273. The first-order chi connectivity index (χ1) is 19.4. The summed E-state index contributed by atoms with van der Waals surface area (Å²) in [5, 5.41) is 38.4. The van der Waals surface area contributed by atoms with E-state index in [2.05, 4.69) is 39.9 Å². The predicted molar refractivity (Wildman–Crippen MR) is 148 cm³/mol. The Bertz CT molecular complexity index is 1250. The van der Waals surface area contributed by atoms with Crippen LogP contribution in [0.25, 0.3) is 0 Å². The molecule has 2 aromatic heterocycles. The van der Waals surface area contributed by atoms with Crippen LogP contribution in [0.4, 0.5) is 5.95 Å². The maximum Gasteiger partial charge on any atom is 0.336 e. The fourth-order valence-electron chi connectivity index (χ4n) is 5.20. The molecule has 0 bridgehead atoms. The second-order valence-corrected chi connectivity index (χ2v) is 10.7. The van der Waals surface area contributed by atoms with Crippen molar-refractivity contribution in [1.82, 2.24) is 24.6 Å². The smallest absolute Gasteiger partial charge is 0.336 e. The Labute approximate surface area is 237 Å². The molecule has 4 heterocycles. The number of hydrogen-bond acceptors (Lipinski definition) is 9. The summed E-state index contributed by atoms with van der Waals surface area (Å²) in [6, 6.07) is 1.71. The molecule has 4 rings (SSSR count). The van der Waals surface area contributed by atoms with Gasteiger partial charge in [0.15, 0.2) is 5.60 Å². The number of carboxylic acid groups (broad SMARTS) is 3. The van der Waals surface area contributed by atoms with Crippen molar-refractivity contribution in [2.24, 2.45) is 0 Å². The van der Waals surface area contributed by atoms with Crippen LogP contribution in [-0.2, 0) is 27.5 Å². The molecule has 2 fully saturated rings. The van der Waals surface area contributed by atoms with Gasteiger partial charge in [0.05, 0.1) is 24.2 Å². The van der Waals surface area contributed by atoms with Gasteiger partial charge >= 0.3 is 17.9 Å². The van der Waals surface area contributed by atoms with Gasteiger partial charge in [0, 0.05) is 56.5 Å². The van der Waals surface area contributed by atoms with E-state index in [9.17, 15) is 19.2 Å². The van der Waals surface area contributed by atoms with E-state index in [-0.39, 0.29) is 5.56 Å². The number of nitrogens with zero attached hydrogens (tertiary/aromatic N) is 5. The summed E-state index contributed by atoms with van der Waals surface area (Å²) in [5.74, 6) is -3.94. The van der Waals surface area contributed by atoms with E-state index in [4.69, 9.17) is 25.4 Å². The molecule has 2 aromatic rings. The molecule has 41 heavy (non-hydrogen) atoms. The molecule has 2 aliphatic heterocycles. The number of anilines is 1. The molecule has 0 spiro atoms. The molecule has 0 saturated carbocycles. The average Bonchev–Trinajstić information content (AvgIpc) is 3.27. The van der Waals surface area contributed by atoms with Gasteiger partial charge in [-0.1, -0.05) is 0 Å². The van der Waals surface area contributed by atoms with Gasteiger partial charge in [-0.25, -0.2) is 9.78 Å². The van der Waals surface area contributed by atoms with E-state index in [1.54, 1.807) is 6.07 Å². The van der Waals surface area contributed by atoms with Gasteiger partial charge in [0.25, 0.3) is 5.56 Å². The molecule has 226 valence electrons. The van der Waals surface area contributed by atoms with Gasteiger partial charge in [-0.3, -0.25) is 28.9 Å². The molecule has 0 aromatic carbocycles. The molecular formula is C27H40N6O8. The molecule has 0 amide bonds. The molecule has 14 nitrogen and oxygen atoms in total.